The summed E-state index contributed by atoms with van der Waals surface area (Å²) >= 11 is 0. The van der Waals surface area contributed by atoms with E-state index in [2.05, 4.69) is 97.6 Å². The van der Waals surface area contributed by atoms with Crippen LogP contribution in [0.5, 0.6) is 0 Å². The Kier molecular flexibility index (Phi) is 3.37. The van der Waals surface area contributed by atoms with Crippen LogP contribution in [-0.4, -0.2) is 18.0 Å². The molecule has 0 N–H and O–H groups in total. The van der Waals surface area contributed by atoms with E-state index in [9.17, 15) is 0 Å². The monoisotopic (exact) mass is 399 g/mol. The van der Waals surface area contributed by atoms with Crippen molar-refractivity contribution in [3.05, 3.63) is 107 Å². The van der Waals surface area contributed by atoms with Crippen LogP contribution in [0.4, 0.5) is 0 Å². The third kappa shape index (κ3) is 1.88. The average molecular weight is 400 g/mol. The molecule has 150 valence electrons. The van der Waals surface area contributed by atoms with Crippen LogP contribution in [0.3, 0.4) is 0 Å². The van der Waals surface area contributed by atoms with Crippen molar-refractivity contribution in [1.82, 2.24) is 4.90 Å². The van der Waals surface area contributed by atoms with Crippen LogP contribution < -0.4 is 0 Å². The predicted octanol–water partition coefficient (Wildman–Crippen LogP) is 6.85. The number of hydrogen-bond acceptors (Lipinski definition) is 1. The second-order valence-corrected chi connectivity index (χ2v) is 9.05. The van der Waals surface area contributed by atoms with Crippen molar-refractivity contribution < 1.29 is 0 Å². The van der Waals surface area contributed by atoms with Gasteiger partial charge in [0.25, 0.3) is 0 Å². The molecule has 0 aromatic heterocycles. The molecule has 1 spiro atoms. The molecule has 1 nitrogen and oxygen atoms in total. The summed E-state index contributed by atoms with van der Waals surface area (Å²) in [6.07, 6.45) is 0. The summed E-state index contributed by atoms with van der Waals surface area (Å²) < 4.78 is 0. The Morgan fingerprint density at radius 1 is 0.548 bits per heavy atom. The molecular formula is C30H25N. The van der Waals surface area contributed by atoms with E-state index in [1.165, 1.54) is 61.2 Å². The number of fused-ring (bicyclic) bond motifs is 5. The summed E-state index contributed by atoms with van der Waals surface area (Å²) in [5, 5.41) is 0. The zero-order chi connectivity index (χ0) is 20.7. The Morgan fingerprint density at radius 3 is 1.65 bits per heavy atom. The fraction of sp³-hybridized carbons (Fsp3) is 0.200. The van der Waals surface area contributed by atoms with E-state index >= 15 is 0 Å². The molecular weight excluding hydrogens is 374 g/mol. The molecule has 3 aliphatic carbocycles. The van der Waals surface area contributed by atoms with Crippen LogP contribution in [0.15, 0.2) is 78.9 Å². The van der Waals surface area contributed by atoms with Crippen molar-refractivity contribution in [1.29, 1.82) is 0 Å². The predicted molar refractivity (Wildman–Crippen MR) is 128 cm³/mol. The smallest absolute Gasteiger partial charge is 0.0740 e. The highest BCUT2D eigenvalue weighted by molar-refractivity contribution is 6.06. The molecule has 0 amide bonds. The number of hydrogen-bond donors (Lipinski definition) is 0. The molecule has 3 aliphatic rings. The van der Waals surface area contributed by atoms with Crippen LogP contribution in [0.2, 0.25) is 0 Å². The molecule has 1 atom stereocenters. The Bertz CT molecular complexity index is 1360. The average Bonchev–Trinajstić information content (AvgIpc) is 3.42. The third-order valence-corrected chi connectivity index (χ3v) is 7.89. The highest BCUT2D eigenvalue weighted by atomic mass is 15.1. The second kappa shape index (κ2) is 5.96. The number of nitrogens with zero attached hydrogens (tertiary/aromatic N) is 1. The molecule has 1 heteroatoms. The number of benzene rings is 4. The Balaban J connectivity index is 1.66. The molecule has 4 aromatic carbocycles. The molecule has 0 saturated heterocycles. The van der Waals surface area contributed by atoms with Gasteiger partial charge in [0.15, 0.2) is 0 Å². The molecule has 4 aromatic rings. The van der Waals surface area contributed by atoms with Gasteiger partial charge < -0.3 is 0 Å². The van der Waals surface area contributed by atoms with Crippen molar-refractivity contribution in [2.45, 2.75) is 25.8 Å². The maximum Gasteiger partial charge on any atom is 0.0740 e. The maximum absolute atomic E-state index is 2.54. The van der Waals surface area contributed by atoms with Crippen molar-refractivity contribution in [3.8, 4) is 33.4 Å². The quantitative estimate of drug-likeness (QED) is 0.313. The van der Waals surface area contributed by atoms with E-state index < -0.39 is 0 Å². The maximum atomic E-state index is 2.54. The standard InChI is InChI=1S/C30H25N/c1-3-31(4-2)18-19-10-7-12-22-23-14-9-16-25-24-15-8-13-21-20-11-5-6-17-26(20)30(27(19)22,28(21)24)29(23)25/h5-17H,3-4,18H2,1-2H3. The third-order valence-electron chi connectivity index (χ3n) is 7.89. The molecule has 7 rings (SSSR count). The fourth-order valence-electron chi connectivity index (χ4n) is 6.72. The highest BCUT2D eigenvalue weighted by Gasteiger charge is 2.57. The van der Waals surface area contributed by atoms with E-state index in [4.69, 9.17) is 0 Å². The molecule has 0 heterocycles. The van der Waals surface area contributed by atoms with E-state index in [1.54, 1.807) is 0 Å². The first-order valence-corrected chi connectivity index (χ1v) is 11.5. The second-order valence-electron chi connectivity index (χ2n) is 9.05. The molecule has 0 fully saturated rings. The lowest BCUT2D eigenvalue weighted by Crippen LogP contribution is -2.28. The lowest BCUT2D eigenvalue weighted by Gasteiger charge is -2.30. The van der Waals surface area contributed by atoms with Gasteiger partial charge in [-0.2, -0.15) is 0 Å². The first kappa shape index (κ1) is 17.5. The summed E-state index contributed by atoms with van der Waals surface area (Å²) in [6.45, 7) is 7.69. The molecule has 0 bridgehead atoms. The topological polar surface area (TPSA) is 3.24 Å². The fourth-order valence-corrected chi connectivity index (χ4v) is 6.72. The summed E-state index contributed by atoms with van der Waals surface area (Å²) in [4.78, 5) is 2.54. The van der Waals surface area contributed by atoms with Crippen LogP contribution >= 0.6 is 0 Å². The van der Waals surface area contributed by atoms with Crippen LogP contribution in [0, 0.1) is 0 Å². The van der Waals surface area contributed by atoms with Gasteiger partial charge in [-0.15, -0.1) is 0 Å². The van der Waals surface area contributed by atoms with Gasteiger partial charge in [0, 0.05) is 6.54 Å². The summed E-state index contributed by atoms with van der Waals surface area (Å²) in [7, 11) is 0. The van der Waals surface area contributed by atoms with Crippen molar-refractivity contribution in [3.63, 3.8) is 0 Å². The largest absolute Gasteiger partial charge is 0.300 e. The first-order valence-electron chi connectivity index (χ1n) is 11.5. The minimum atomic E-state index is -0.159. The summed E-state index contributed by atoms with van der Waals surface area (Å²) in [6, 6.07) is 30.0. The van der Waals surface area contributed by atoms with Gasteiger partial charge in [-0.1, -0.05) is 92.7 Å². The zero-order valence-corrected chi connectivity index (χ0v) is 18.1. The van der Waals surface area contributed by atoms with Crippen molar-refractivity contribution >= 4 is 0 Å². The zero-order valence-electron chi connectivity index (χ0n) is 18.1. The molecule has 0 aliphatic heterocycles. The molecule has 1 unspecified atom stereocenters. The van der Waals surface area contributed by atoms with E-state index in [-0.39, 0.29) is 5.41 Å². The summed E-state index contributed by atoms with van der Waals surface area (Å²) in [5.74, 6) is 0. The molecule has 0 saturated carbocycles. The van der Waals surface area contributed by atoms with Crippen LogP contribution in [-0.2, 0) is 12.0 Å². The lowest BCUT2D eigenvalue weighted by atomic mass is 9.71. The van der Waals surface area contributed by atoms with Crippen LogP contribution in [0.1, 0.15) is 41.7 Å². The summed E-state index contributed by atoms with van der Waals surface area (Å²) in [5.41, 5.74) is 15.9. The van der Waals surface area contributed by atoms with Gasteiger partial charge in [0.2, 0.25) is 0 Å². The number of rotatable bonds is 4. The Hall–Kier alpha value is -3.16. The van der Waals surface area contributed by atoms with Crippen molar-refractivity contribution in [2.24, 2.45) is 0 Å². The minimum absolute atomic E-state index is 0.159. The Morgan fingerprint density at radius 2 is 1.03 bits per heavy atom. The van der Waals surface area contributed by atoms with Gasteiger partial charge in [-0.3, -0.25) is 4.90 Å². The molecule has 0 radical (unpaired) electrons. The van der Waals surface area contributed by atoms with Gasteiger partial charge >= 0.3 is 0 Å². The van der Waals surface area contributed by atoms with E-state index in [0.717, 1.165) is 19.6 Å². The minimum Gasteiger partial charge on any atom is -0.300 e. The van der Waals surface area contributed by atoms with E-state index in [0.29, 0.717) is 0 Å². The molecule has 31 heavy (non-hydrogen) atoms. The van der Waals surface area contributed by atoms with Gasteiger partial charge in [-0.05, 0) is 74.3 Å². The normalized spacial score (nSPS) is 18.2. The van der Waals surface area contributed by atoms with Crippen molar-refractivity contribution in [2.75, 3.05) is 13.1 Å². The Labute approximate surface area is 184 Å². The first-order chi connectivity index (χ1) is 15.3. The van der Waals surface area contributed by atoms with Gasteiger partial charge in [0.05, 0.1) is 5.41 Å². The lowest BCUT2D eigenvalue weighted by molar-refractivity contribution is 0.294. The van der Waals surface area contributed by atoms with Crippen LogP contribution in [0.25, 0.3) is 33.4 Å². The highest BCUT2D eigenvalue weighted by Crippen LogP contribution is 2.70. The van der Waals surface area contributed by atoms with E-state index in [1.807, 2.05) is 0 Å². The van der Waals surface area contributed by atoms with Gasteiger partial charge in [0.1, 0.15) is 0 Å². The van der Waals surface area contributed by atoms with Gasteiger partial charge in [-0.25, -0.2) is 0 Å². The SMILES string of the molecule is CCN(CC)Cc1cccc2c1C13c4ccccc4-c4cccc(c41)-c1cccc-2c13.